The van der Waals surface area contributed by atoms with Gasteiger partial charge in [0.15, 0.2) is 6.61 Å². The Hall–Kier alpha value is -2.91. The molecule has 9 heteroatoms. The maximum Gasteiger partial charge on any atom is 0.337 e. The van der Waals surface area contributed by atoms with Gasteiger partial charge >= 0.3 is 5.97 Å². The van der Waals surface area contributed by atoms with E-state index in [0.717, 1.165) is 0 Å². The van der Waals surface area contributed by atoms with Gasteiger partial charge in [-0.1, -0.05) is 13.8 Å². The molecule has 2 aromatic rings. The molecule has 0 saturated heterocycles. The smallest absolute Gasteiger partial charge is 0.337 e. The molecule has 2 N–H and O–H groups in total. The number of hydrogen-bond acceptors (Lipinski definition) is 6. The number of benzene rings is 2. The summed E-state index contributed by atoms with van der Waals surface area (Å²) < 4.78 is 37.3. The number of esters is 1. The molecule has 0 radical (unpaired) electrons. The average molecular weight is 435 g/mol. The van der Waals surface area contributed by atoms with Gasteiger partial charge in [0.05, 0.1) is 17.6 Å². The van der Waals surface area contributed by atoms with Gasteiger partial charge in [0.1, 0.15) is 5.75 Å². The summed E-state index contributed by atoms with van der Waals surface area (Å²) in [5, 5.41) is 2.66. The number of carbonyl (C=O) groups excluding carboxylic acids is 2. The normalized spacial score (nSPS) is 11.2. The van der Waals surface area contributed by atoms with Crippen molar-refractivity contribution in [3.05, 3.63) is 53.6 Å². The molecule has 0 atom stereocenters. The number of anilines is 1. The van der Waals surface area contributed by atoms with Crippen molar-refractivity contribution in [1.82, 2.24) is 4.72 Å². The molecule has 0 aromatic heterocycles. The molecule has 0 saturated carbocycles. The Bertz CT molecular complexity index is 1000. The maximum absolute atomic E-state index is 12.3. The topological polar surface area (TPSA) is 111 Å². The fraction of sp³-hybridized carbons (Fsp3) is 0.333. The number of aryl methyl sites for hydroxylation is 1. The van der Waals surface area contributed by atoms with Gasteiger partial charge in [-0.2, -0.15) is 0 Å². The van der Waals surface area contributed by atoms with Crippen LogP contribution in [-0.2, 0) is 19.6 Å². The zero-order valence-corrected chi connectivity index (χ0v) is 18.2. The predicted octanol–water partition coefficient (Wildman–Crippen LogP) is 2.73. The molecule has 0 aliphatic rings. The number of carbonyl (C=O) groups is 2. The molecule has 1 amide bonds. The molecule has 30 heavy (non-hydrogen) atoms. The molecule has 0 aliphatic heterocycles. The lowest BCUT2D eigenvalue weighted by molar-refractivity contribution is -0.118. The van der Waals surface area contributed by atoms with Crippen molar-refractivity contribution in [1.29, 1.82) is 0 Å². The average Bonchev–Trinajstić information content (AvgIpc) is 2.71. The van der Waals surface area contributed by atoms with Gasteiger partial charge in [0, 0.05) is 12.2 Å². The number of nitrogens with one attached hydrogen (secondary N) is 2. The fourth-order valence-corrected chi connectivity index (χ4v) is 3.76. The first-order valence-electron chi connectivity index (χ1n) is 9.33. The zero-order chi connectivity index (χ0) is 22.3. The molecule has 0 heterocycles. The minimum Gasteiger partial charge on any atom is -0.483 e. The van der Waals surface area contributed by atoms with Crippen LogP contribution in [0.4, 0.5) is 5.69 Å². The lowest BCUT2D eigenvalue weighted by atomic mass is 10.2. The van der Waals surface area contributed by atoms with Crippen LogP contribution < -0.4 is 14.8 Å². The summed E-state index contributed by atoms with van der Waals surface area (Å²) >= 11 is 0. The van der Waals surface area contributed by atoms with E-state index in [9.17, 15) is 18.0 Å². The van der Waals surface area contributed by atoms with Crippen molar-refractivity contribution in [3.63, 3.8) is 0 Å². The minimum absolute atomic E-state index is 0.142. The lowest BCUT2D eigenvalue weighted by Crippen LogP contribution is -2.27. The summed E-state index contributed by atoms with van der Waals surface area (Å²) in [6.45, 7) is 5.64. The number of hydrogen-bond donors (Lipinski definition) is 2. The Kier molecular flexibility index (Phi) is 7.96. The summed E-state index contributed by atoms with van der Waals surface area (Å²) in [5.41, 5.74) is 1.48. The minimum atomic E-state index is -3.60. The van der Waals surface area contributed by atoms with Gasteiger partial charge < -0.3 is 14.8 Å². The second-order valence-electron chi connectivity index (χ2n) is 7.08. The molecular weight excluding hydrogens is 408 g/mol. The molecule has 0 fully saturated rings. The molecule has 8 nitrogen and oxygen atoms in total. The van der Waals surface area contributed by atoms with Gasteiger partial charge in [0.25, 0.3) is 5.91 Å². The number of amides is 1. The summed E-state index contributed by atoms with van der Waals surface area (Å²) in [5.74, 6) is -0.250. The van der Waals surface area contributed by atoms with Gasteiger partial charge in [0.2, 0.25) is 10.0 Å². The van der Waals surface area contributed by atoms with Gasteiger partial charge in [-0.05, 0) is 60.9 Å². The van der Waals surface area contributed by atoms with Crippen LogP contribution in [0.25, 0.3) is 0 Å². The number of sulfonamides is 1. The predicted molar refractivity (Wildman–Crippen MR) is 113 cm³/mol. The third-order valence-corrected chi connectivity index (χ3v) is 5.51. The van der Waals surface area contributed by atoms with Crippen molar-refractivity contribution >= 4 is 27.6 Å². The zero-order valence-electron chi connectivity index (χ0n) is 17.4. The summed E-state index contributed by atoms with van der Waals surface area (Å²) in [4.78, 5) is 23.7. The van der Waals surface area contributed by atoms with E-state index in [-0.39, 0.29) is 17.4 Å². The standard InChI is InChI=1S/C21H26N2O6S/c1-14(2)12-22-30(26,27)18-9-10-19(15(3)11-18)29-13-20(24)23-17-7-5-16(6-8-17)21(25)28-4/h5-11,14,22H,12-13H2,1-4H3,(H,23,24). The molecular formula is C21H26N2O6S. The maximum atomic E-state index is 12.3. The van der Waals surface area contributed by atoms with E-state index in [1.54, 1.807) is 31.2 Å². The van der Waals surface area contributed by atoms with E-state index in [1.165, 1.54) is 25.3 Å². The van der Waals surface area contributed by atoms with E-state index in [2.05, 4.69) is 14.8 Å². The quantitative estimate of drug-likeness (QED) is 0.587. The lowest BCUT2D eigenvalue weighted by Gasteiger charge is -2.13. The van der Waals surface area contributed by atoms with Crippen molar-refractivity contribution in [2.45, 2.75) is 25.7 Å². The fourth-order valence-electron chi connectivity index (χ4n) is 2.46. The van der Waals surface area contributed by atoms with Gasteiger partial charge in [-0.3, -0.25) is 4.79 Å². The van der Waals surface area contributed by atoms with Crippen molar-refractivity contribution < 1.29 is 27.5 Å². The van der Waals surface area contributed by atoms with Crippen LogP contribution in [0.15, 0.2) is 47.4 Å². The Balaban J connectivity index is 1.95. The van der Waals surface area contributed by atoms with E-state index < -0.39 is 21.9 Å². The molecule has 0 aliphatic carbocycles. The number of ether oxygens (including phenoxy) is 2. The largest absolute Gasteiger partial charge is 0.483 e. The van der Waals surface area contributed by atoms with E-state index in [1.807, 2.05) is 13.8 Å². The highest BCUT2D eigenvalue weighted by Crippen LogP contribution is 2.22. The Labute approximate surface area is 176 Å². The molecule has 0 unspecified atom stereocenters. The summed E-state index contributed by atoms with van der Waals surface area (Å²) in [6.07, 6.45) is 0. The summed E-state index contributed by atoms with van der Waals surface area (Å²) in [7, 11) is -2.30. The van der Waals surface area contributed by atoms with Crippen molar-refractivity contribution in [2.75, 3.05) is 25.6 Å². The first kappa shape index (κ1) is 23.4. The first-order valence-corrected chi connectivity index (χ1v) is 10.8. The van der Waals surface area contributed by atoms with Crippen LogP contribution in [0.3, 0.4) is 0 Å². The molecule has 2 aromatic carbocycles. The van der Waals surface area contributed by atoms with Crippen LogP contribution in [-0.4, -0.2) is 40.6 Å². The van der Waals surface area contributed by atoms with Crippen molar-refractivity contribution in [3.8, 4) is 5.75 Å². The van der Waals surface area contributed by atoms with E-state index >= 15 is 0 Å². The second-order valence-corrected chi connectivity index (χ2v) is 8.85. The number of methoxy groups -OCH3 is 1. The first-order chi connectivity index (χ1) is 14.1. The Morgan fingerprint density at radius 3 is 2.30 bits per heavy atom. The highest BCUT2D eigenvalue weighted by atomic mass is 32.2. The van der Waals surface area contributed by atoms with Crippen LogP contribution in [0.1, 0.15) is 29.8 Å². The van der Waals surface area contributed by atoms with E-state index in [0.29, 0.717) is 29.1 Å². The van der Waals surface area contributed by atoms with Gasteiger partial charge in [-0.15, -0.1) is 0 Å². The third-order valence-electron chi connectivity index (χ3n) is 4.09. The Morgan fingerprint density at radius 2 is 1.73 bits per heavy atom. The van der Waals surface area contributed by atoms with E-state index in [4.69, 9.17) is 4.74 Å². The monoisotopic (exact) mass is 434 g/mol. The number of rotatable bonds is 9. The van der Waals surface area contributed by atoms with Crippen LogP contribution in [0.2, 0.25) is 0 Å². The molecule has 0 bridgehead atoms. The summed E-state index contributed by atoms with van der Waals surface area (Å²) in [6, 6.07) is 10.7. The molecule has 2 rings (SSSR count). The van der Waals surface area contributed by atoms with Crippen LogP contribution in [0, 0.1) is 12.8 Å². The second kappa shape index (κ2) is 10.2. The highest BCUT2D eigenvalue weighted by Gasteiger charge is 2.16. The van der Waals surface area contributed by atoms with Gasteiger partial charge in [-0.25, -0.2) is 17.9 Å². The third kappa shape index (κ3) is 6.57. The SMILES string of the molecule is COC(=O)c1ccc(NC(=O)COc2ccc(S(=O)(=O)NCC(C)C)cc2C)cc1. The van der Waals surface area contributed by atoms with Crippen LogP contribution in [0.5, 0.6) is 5.75 Å². The highest BCUT2D eigenvalue weighted by molar-refractivity contribution is 7.89. The Morgan fingerprint density at radius 1 is 1.07 bits per heavy atom. The molecule has 162 valence electrons. The van der Waals surface area contributed by atoms with Crippen molar-refractivity contribution in [2.24, 2.45) is 5.92 Å². The molecule has 0 spiro atoms. The van der Waals surface area contributed by atoms with Crippen LogP contribution >= 0.6 is 0 Å².